The molecule has 6 heteroatoms. The number of hydrazine groups is 1. The molecule has 1 fully saturated rings. The van der Waals surface area contributed by atoms with E-state index in [4.69, 9.17) is 5.84 Å². The number of nitrogens with zero attached hydrogens (tertiary/aromatic N) is 2. The Hall–Kier alpha value is -1.40. The molecular weight excluding hydrogens is 242 g/mol. The van der Waals surface area contributed by atoms with Crippen molar-refractivity contribution in [3.63, 3.8) is 0 Å². The summed E-state index contributed by atoms with van der Waals surface area (Å²) in [4.78, 5) is 8.45. The van der Waals surface area contributed by atoms with Crippen LogP contribution < -0.4 is 16.6 Å². The number of nitrogens with two attached hydrogens (primary N) is 1. The van der Waals surface area contributed by atoms with Gasteiger partial charge in [-0.3, -0.25) is 5.43 Å². The van der Waals surface area contributed by atoms with Gasteiger partial charge in [-0.1, -0.05) is 6.92 Å². The molecule has 2 rings (SSSR count). The van der Waals surface area contributed by atoms with Crippen molar-refractivity contribution in [3.05, 3.63) is 11.8 Å². The maximum Gasteiger partial charge on any atom is 0.239 e. The molecular formula is C13H23N5O. The third-order valence-electron chi connectivity index (χ3n) is 3.91. The van der Waals surface area contributed by atoms with E-state index in [9.17, 15) is 5.11 Å². The number of hydrogen-bond donors (Lipinski definition) is 4. The zero-order valence-corrected chi connectivity index (χ0v) is 11.6. The van der Waals surface area contributed by atoms with Crippen LogP contribution in [-0.2, 0) is 0 Å². The van der Waals surface area contributed by atoms with Gasteiger partial charge >= 0.3 is 0 Å². The van der Waals surface area contributed by atoms with Crippen LogP contribution in [0.3, 0.4) is 0 Å². The Morgan fingerprint density at radius 2 is 2.11 bits per heavy atom. The first-order valence-corrected chi connectivity index (χ1v) is 6.78. The van der Waals surface area contributed by atoms with Crippen molar-refractivity contribution in [1.29, 1.82) is 0 Å². The molecule has 6 nitrogen and oxygen atoms in total. The minimum atomic E-state index is -0.265. The molecule has 0 radical (unpaired) electrons. The van der Waals surface area contributed by atoms with E-state index in [-0.39, 0.29) is 12.1 Å². The Balaban J connectivity index is 2.16. The molecule has 5 N–H and O–H groups in total. The van der Waals surface area contributed by atoms with Crippen molar-refractivity contribution in [1.82, 2.24) is 9.97 Å². The van der Waals surface area contributed by atoms with Gasteiger partial charge < -0.3 is 10.4 Å². The Morgan fingerprint density at radius 3 is 2.68 bits per heavy atom. The maximum atomic E-state index is 9.74. The number of anilines is 2. The molecule has 1 aliphatic rings. The third-order valence-corrected chi connectivity index (χ3v) is 3.91. The summed E-state index contributed by atoms with van der Waals surface area (Å²) >= 11 is 0. The SMILES string of the molecule is Cc1cc(NC2(CO)CCC(C)CC2)nc(NN)n1. The highest BCUT2D eigenvalue weighted by molar-refractivity contribution is 5.44. The first-order valence-electron chi connectivity index (χ1n) is 6.78. The average Bonchev–Trinajstić information content (AvgIpc) is 2.41. The number of aromatic nitrogens is 2. The highest BCUT2D eigenvalue weighted by atomic mass is 16.3. The molecule has 0 saturated heterocycles. The van der Waals surface area contributed by atoms with Crippen LogP contribution in [0.2, 0.25) is 0 Å². The van der Waals surface area contributed by atoms with Crippen molar-refractivity contribution in [2.24, 2.45) is 11.8 Å². The van der Waals surface area contributed by atoms with Crippen LogP contribution in [0.1, 0.15) is 38.3 Å². The smallest absolute Gasteiger partial charge is 0.239 e. The monoisotopic (exact) mass is 265 g/mol. The zero-order chi connectivity index (χ0) is 13.9. The Kier molecular flexibility index (Phi) is 4.21. The van der Waals surface area contributed by atoms with Crippen molar-refractivity contribution in [2.75, 3.05) is 17.3 Å². The van der Waals surface area contributed by atoms with Crippen molar-refractivity contribution >= 4 is 11.8 Å². The summed E-state index contributed by atoms with van der Waals surface area (Å²) < 4.78 is 0. The molecule has 0 spiro atoms. The number of aliphatic hydroxyl groups is 1. The van der Waals surface area contributed by atoms with Crippen LogP contribution in [0, 0.1) is 12.8 Å². The van der Waals surface area contributed by atoms with Gasteiger partial charge in [0.25, 0.3) is 0 Å². The van der Waals surface area contributed by atoms with Crippen LogP contribution in [0.5, 0.6) is 0 Å². The second-order valence-electron chi connectivity index (χ2n) is 5.61. The molecule has 0 amide bonds. The second kappa shape index (κ2) is 5.71. The molecule has 0 aromatic carbocycles. The number of hydrogen-bond acceptors (Lipinski definition) is 6. The van der Waals surface area contributed by atoms with Crippen LogP contribution in [0.4, 0.5) is 11.8 Å². The van der Waals surface area contributed by atoms with Gasteiger partial charge in [-0.15, -0.1) is 0 Å². The van der Waals surface area contributed by atoms with Gasteiger partial charge in [0.15, 0.2) is 0 Å². The summed E-state index contributed by atoms with van der Waals surface area (Å²) in [6.07, 6.45) is 4.16. The molecule has 1 saturated carbocycles. The van der Waals surface area contributed by atoms with E-state index in [2.05, 4.69) is 27.6 Å². The molecule has 106 valence electrons. The van der Waals surface area contributed by atoms with Crippen molar-refractivity contribution in [2.45, 2.75) is 45.1 Å². The topological polar surface area (TPSA) is 96.1 Å². The van der Waals surface area contributed by atoms with Crippen LogP contribution in [-0.4, -0.2) is 27.2 Å². The number of rotatable bonds is 4. The number of nitrogen functional groups attached to an aromatic ring is 1. The lowest BCUT2D eigenvalue weighted by atomic mass is 9.77. The normalized spacial score (nSPS) is 27.1. The standard InChI is InChI=1S/C13H23N5O/c1-9-3-5-13(8-19,6-4-9)17-11-7-10(2)15-12(16-11)18-14/h7,9,19H,3-6,8,14H2,1-2H3,(H2,15,16,17,18). The average molecular weight is 265 g/mol. The summed E-state index contributed by atoms with van der Waals surface area (Å²) in [5.74, 6) is 7.18. The van der Waals surface area contributed by atoms with Gasteiger partial charge in [-0.25, -0.2) is 10.8 Å². The molecule has 0 bridgehead atoms. The van der Waals surface area contributed by atoms with Crippen LogP contribution in [0.15, 0.2) is 6.07 Å². The molecule has 1 aliphatic carbocycles. The second-order valence-corrected chi connectivity index (χ2v) is 5.61. The van der Waals surface area contributed by atoms with E-state index >= 15 is 0 Å². The van der Waals surface area contributed by atoms with Gasteiger partial charge in [0.2, 0.25) is 5.95 Å². The van der Waals surface area contributed by atoms with E-state index in [1.807, 2.05) is 13.0 Å². The summed E-state index contributed by atoms with van der Waals surface area (Å²) in [7, 11) is 0. The van der Waals surface area contributed by atoms with E-state index < -0.39 is 0 Å². The molecule has 19 heavy (non-hydrogen) atoms. The van der Waals surface area contributed by atoms with E-state index in [1.54, 1.807) is 0 Å². The molecule has 1 heterocycles. The van der Waals surface area contributed by atoms with E-state index in [1.165, 1.54) is 0 Å². The molecule has 1 aromatic rings. The molecule has 1 aromatic heterocycles. The van der Waals surface area contributed by atoms with Crippen molar-refractivity contribution in [3.8, 4) is 0 Å². The fourth-order valence-electron chi connectivity index (χ4n) is 2.61. The van der Waals surface area contributed by atoms with Gasteiger partial charge in [-0.2, -0.15) is 4.98 Å². The summed E-state index contributed by atoms with van der Waals surface area (Å²) in [6, 6.07) is 1.87. The highest BCUT2D eigenvalue weighted by Crippen LogP contribution is 2.34. The largest absolute Gasteiger partial charge is 0.394 e. The van der Waals surface area contributed by atoms with Gasteiger partial charge in [-0.05, 0) is 38.5 Å². The summed E-state index contributed by atoms with van der Waals surface area (Å²) in [5, 5.41) is 13.1. The molecule has 0 atom stereocenters. The highest BCUT2D eigenvalue weighted by Gasteiger charge is 2.33. The first kappa shape index (κ1) is 14.0. The fourth-order valence-corrected chi connectivity index (χ4v) is 2.61. The van der Waals surface area contributed by atoms with E-state index in [0.29, 0.717) is 11.8 Å². The van der Waals surface area contributed by atoms with Crippen molar-refractivity contribution < 1.29 is 5.11 Å². The molecule has 0 aliphatic heterocycles. The number of nitrogens with one attached hydrogen (secondary N) is 2. The Labute approximate surface area is 113 Å². The maximum absolute atomic E-state index is 9.74. The minimum absolute atomic E-state index is 0.119. The fraction of sp³-hybridized carbons (Fsp3) is 0.692. The van der Waals surface area contributed by atoms with Gasteiger partial charge in [0, 0.05) is 11.8 Å². The van der Waals surface area contributed by atoms with E-state index in [0.717, 1.165) is 37.3 Å². The lowest BCUT2D eigenvalue weighted by Crippen LogP contribution is -2.45. The summed E-state index contributed by atoms with van der Waals surface area (Å²) in [5.41, 5.74) is 3.03. The lowest BCUT2D eigenvalue weighted by Gasteiger charge is -2.39. The predicted octanol–water partition coefficient (Wildman–Crippen LogP) is 1.42. The summed E-state index contributed by atoms with van der Waals surface area (Å²) in [6.45, 7) is 4.27. The Bertz CT molecular complexity index is 429. The van der Waals surface area contributed by atoms with Gasteiger partial charge in [0.1, 0.15) is 5.82 Å². The first-order chi connectivity index (χ1) is 9.07. The van der Waals surface area contributed by atoms with Crippen LogP contribution in [0.25, 0.3) is 0 Å². The Morgan fingerprint density at radius 1 is 1.42 bits per heavy atom. The number of aliphatic hydroxyl groups excluding tert-OH is 1. The van der Waals surface area contributed by atoms with Crippen LogP contribution >= 0.6 is 0 Å². The molecule has 0 unspecified atom stereocenters. The van der Waals surface area contributed by atoms with Gasteiger partial charge in [0.05, 0.1) is 12.1 Å². The third kappa shape index (κ3) is 3.33. The quantitative estimate of drug-likeness (QED) is 0.486. The lowest BCUT2D eigenvalue weighted by molar-refractivity contribution is 0.155. The number of aryl methyl sites for hydroxylation is 1. The zero-order valence-electron chi connectivity index (χ0n) is 11.6. The minimum Gasteiger partial charge on any atom is -0.394 e. The predicted molar refractivity (Wildman–Crippen MR) is 75.7 cm³/mol.